The van der Waals surface area contributed by atoms with Crippen LogP contribution in [0.3, 0.4) is 0 Å². The van der Waals surface area contributed by atoms with Crippen molar-refractivity contribution >= 4 is 100 Å². The lowest BCUT2D eigenvalue weighted by Crippen LogP contribution is -2.25. The van der Waals surface area contributed by atoms with Gasteiger partial charge in [-0.05, 0) is 215 Å². The monoisotopic (exact) mass is 1200 g/mol. The van der Waals surface area contributed by atoms with Gasteiger partial charge in [0.2, 0.25) is 0 Å². The average molecular weight is 1200 g/mol. The van der Waals surface area contributed by atoms with Crippen molar-refractivity contribution in [2.45, 2.75) is 5.41 Å². The van der Waals surface area contributed by atoms with Gasteiger partial charge in [0.1, 0.15) is 11.0 Å². The molecule has 6 heteroatoms. The van der Waals surface area contributed by atoms with Crippen molar-refractivity contribution in [1.82, 2.24) is 13.3 Å². The lowest BCUT2D eigenvalue weighted by molar-refractivity contribution is 0.794. The van der Waals surface area contributed by atoms with Gasteiger partial charge >= 0.3 is 0 Å². The summed E-state index contributed by atoms with van der Waals surface area (Å²) in [7, 11) is 0. The van der Waals surface area contributed by atoms with E-state index in [9.17, 15) is 0 Å². The van der Waals surface area contributed by atoms with E-state index in [4.69, 9.17) is 8.75 Å². The number of rotatable bonds is 10. The summed E-state index contributed by atoms with van der Waals surface area (Å²) in [4.78, 5) is 4.61. The molecule has 0 aliphatic heterocycles. The number of fused-ring (bicyclic) bond motifs is 17. The molecule has 2 aliphatic rings. The molecule has 0 N–H and O–H groups in total. The molecule has 2 heterocycles. The van der Waals surface area contributed by atoms with Gasteiger partial charge in [0.15, 0.2) is 0 Å². The number of hydrogen-bond donors (Lipinski definition) is 0. The molecule has 0 unspecified atom stereocenters. The van der Waals surface area contributed by atoms with Gasteiger partial charge < -0.3 is 14.4 Å². The fourth-order valence-electron chi connectivity index (χ4n) is 15.6. The number of para-hydroxylation sites is 3. The molecule has 19 rings (SSSR count). The molecule has 17 aromatic rings. The third-order valence-electron chi connectivity index (χ3n) is 19.6. The highest BCUT2D eigenvalue weighted by Crippen LogP contribution is 2.63. The minimum atomic E-state index is -0.427. The highest BCUT2D eigenvalue weighted by molar-refractivity contribution is 7.00. The quantitative estimate of drug-likeness (QED) is 0.128. The molecule has 434 valence electrons. The van der Waals surface area contributed by atoms with Crippen molar-refractivity contribution < 1.29 is 0 Å². The van der Waals surface area contributed by atoms with E-state index in [0.717, 1.165) is 84.1 Å². The van der Waals surface area contributed by atoms with Crippen molar-refractivity contribution in [1.29, 1.82) is 0 Å². The van der Waals surface area contributed by atoms with Crippen LogP contribution in [0.15, 0.2) is 334 Å². The zero-order valence-corrected chi connectivity index (χ0v) is 51.2. The van der Waals surface area contributed by atoms with Crippen LogP contribution < -0.4 is 9.80 Å². The van der Waals surface area contributed by atoms with Crippen LogP contribution in [0, 0.1) is 0 Å². The molecule has 93 heavy (non-hydrogen) atoms. The predicted octanol–water partition coefficient (Wildman–Crippen LogP) is 23.4. The molecule has 5 nitrogen and oxygen atoms in total. The normalized spacial score (nSPS) is 12.6. The second-order valence-corrected chi connectivity index (χ2v) is 25.0. The lowest BCUT2D eigenvalue weighted by atomic mass is 9.70. The van der Waals surface area contributed by atoms with Gasteiger partial charge in [0.05, 0.1) is 33.9 Å². The fraction of sp³-hybridized carbons (Fsp3) is 0.0115. The lowest BCUT2D eigenvalue weighted by Gasteiger charge is -2.30. The molecule has 0 fully saturated rings. The number of hydrogen-bond acceptors (Lipinski definition) is 5. The molecule has 0 bridgehead atoms. The topological polar surface area (TPSA) is 37.2 Å². The zero-order valence-electron chi connectivity index (χ0n) is 50.4. The smallest absolute Gasteiger partial charge is 0.129 e. The molecule has 15 aromatic carbocycles. The van der Waals surface area contributed by atoms with Crippen molar-refractivity contribution in [3.8, 4) is 61.3 Å². The molecule has 2 aromatic heterocycles. The Kier molecular flexibility index (Phi) is 12.0. The Morgan fingerprint density at radius 3 is 1.44 bits per heavy atom. The maximum Gasteiger partial charge on any atom is 0.129 e. The number of nitrogens with zero attached hydrogens (tertiary/aromatic N) is 5. The molecule has 0 radical (unpaired) electrons. The largest absolute Gasteiger partial charge is 0.311 e. The number of anilines is 6. The van der Waals surface area contributed by atoms with E-state index in [0.29, 0.717) is 0 Å². The second-order valence-electron chi connectivity index (χ2n) is 24.5. The Bertz CT molecular complexity index is 5710. The molecule has 0 saturated carbocycles. The Morgan fingerprint density at radius 2 is 0.774 bits per heavy atom. The summed E-state index contributed by atoms with van der Waals surface area (Å²) in [5, 5.41) is 7.39. The summed E-state index contributed by atoms with van der Waals surface area (Å²) in [6.45, 7) is 0. The summed E-state index contributed by atoms with van der Waals surface area (Å²) in [5.74, 6) is 0. The number of aromatic nitrogens is 3. The molecule has 0 saturated heterocycles. The Hall–Kier alpha value is -12.0. The molecular formula is C87H55N5S. The minimum absolute atomic E-state index is 0.427. The van der Waals surface area contributed by atoms with Gasteiger partial charge in [0, 0.05) is 50.5 Å². The van der Waals surface area contributed by atoms with E-state index < -0.39 is 5.41 Å². The highest BCUT2D eigenvalue weighted by atomic mass is 32.1. The van der Waals surface area contributed by atoms with Crippen molar-refractivity contribution in [3.05, 3.63) is 356 Å². The van der Waals surface area contributed by atoms with Gasteiger partial charge in [-0.2, -0.15) is 8.75 Å². The first-order valence-corrected chi connectivity index (χ1v) is 32.5. The third kappa shape index (κ3) is 8.19. The van der Waals surface area contributed by atoms with Crippen LogP contribution >= 0.6 is 11.7 Å². The summed E-state index contributed by atoms with van der Waals surface area (Å²) < 4.78 is 12.6. The van der Waals surface area contributed by atoms with Crippen LogP contribution in [0.1, 0.15) is 22.3 Å². The van der Waals surface area contributed by atoms with Crippen LogP contribution in [0.5, 0.6) is 0 Å². The van der Waals surface area contributed by atoms with Crippen LogP contribution in [-0.4, -0.2) is 13.3 Å². The standard InChI is InChI=1S/C87H55N5S/c1-4-22-64(23-5-1)90(65-24-6-2-7-25-65)67-42-35-56(36-43-67)59-21-18-28-69(52-59)91(66-26-8-3-9-27-66)83-50-47-70(85-86(83)89-93-88-85)57-37-44-68(45-38-57)92-81-48-40-61(54-76(81)84-75-53-60-20-11-10-19-58(60)51-63(75)41-49-82(84)92)62-39-46-74-73-31-14-17-34-79(73)87(80(74)55-62)77-32-15-12-29-71(77)72-30-13-16-33-78(72)87/h1-55H. The van der Waals surface area contributed by atoms with Crippen LogP contribution in [0.2, 0.25) is 0 Å². The second kappa shape index (κ2) is 21.1. The van der Waals surface area contributed by atoms with E-state index in [-0.39, 0.29) is 0 Å². The third-order valence-corrected chi connectivity index (χ3v) is 20.1. The average Bonchev–Trinajstić information content (AvgIpc) is 1.51. The molecule has 1 spiro atoms. The van der Waals surface area contributed by atoms with Gasteiger partial charge in [-0.3, -0.25) is 0 Å². The SMILES string of the molecule is c1ccc(N(c2ccccc2)c2ccc(-c3cccc(N(c4ccccc4)c4ccc(-c5ccc(-n6c7ccc(-c8ccc9c(c8)C8(c%10ccccc%10-c%10ccccc%108)c8ccccc8-9)cc7c7c8cc9ccccc9cc8ccc76)cc5)c5nsnc45)c3)cc2)cc1. The van der Waals surface area contributed by atoms with Crippen LogP contribution in [0.25, 0.3) is 116 Å². The van der Waals surface area contributed by atoms with E-state index in [1.54, 1.807) is 0 Å². The van der Waals surface area contributed by atoms with Gasteiger partial charge in [-0.25, -0.2) is 0 Å². The van der Waals surface area contributed by atoms with Crippen molar-refractivity contribution in [3.63, 3.8) is 0 Å². The summed E-state index contributed by atoms with van der Waals surface area (Å²) >= 11 is 1.26. The van der Waals surface area contributed by atoms with Gasteiger partial charge in [-0.15, -0.1) is 0 Å². The summed E-state index contributed by atoms with van der Waals surface area (Å²) in [6, 6.07) is 123. The van der Waals surface area contributed by atoms with Crippen molar-refractivity contribution in [2.24, 2.45) is 0 Å². The first-order chi connectivity index (χ1) is 46.1. The molecule has 2 aliphatic carbocycles. The number of benzene rings is 15. The molecular weight excluding hydrogens is 1150 g/mol. The van der Waals surface area contributed by atoms with Gasteiger partial charge in [-0.1, -0.05) is 212 Å². The van der Waals surface area contributed by atoms with Gasteiger partial charge in [0.25, 0.3) is 0 Å². The minimum Gasteiger partial charge on any atom is -0.311 e. The Balaban J connectivity index is 0.703. The maximum atomic E-state index is 5.08. The van der Waals surface area contributed by atoms with E-state index in [1.165, 1.54) is 99.7 Å². The zero-order chi connectivity index (χ0) is 61.1. The first-order valence-electron chi connectivity index (χ1n) is 31.8. The van der Waals surface area contributed by atoms with E-state index in [1.807, 2.05) is 0 Å². The van der Waals surface area contributed by atoms with Crippen LogP contribution in [-0.2, 0) is 5.41 Å². The van der Waals surface area contributed by atoms with E-state index >= 15 is 0 Å². The highest BCUT2D eigenvalue weighted by Gasteiger charge is 2.51. The Morgan fingerprint density at radius 1 is 0.280 bits per heavy atom. The summed E-state index contributed by atoms with van der Waals surface area (Å²) in [5.41, 5.74) is 28.4. The van der Waals surface area contributed by atoms with Crippen LogP contribution in [0.4, 0.5) is 34.1 Å². The fourth-order valence-corrected chi connectivity index (χ4v) is 16.1. The maximum absolute atomic E-state index is 5.08. The Labute approximate surface area is 542 Å². The summed E-state index contributed by atoms with van der Waals surface area (Å²) in [6.07, 6.45) is 0. The molecule has 0 amide bonds. The van der Waals surface area contributed by atoms with Crippen molar-refractivity contribution in [2.75, 3.05) is 9.80 Å². The first kappa shape index (κ1) is 52.9. The molecule has 0 atom stereocenters. The predicted molar refractivity (Wildman–Crippen MR) is 389 cm³/mol. The van der Waals surface area contributed by atoms with E-state index in [2.05, 4.69) is 348 Å².